The van der Waals surface area contributed by atoms with Crippen LogP contribution in [-0.4, -0.2) is 39.5 Å². The van der Waals surface area contributed by atoms with Crippen molar-refractivity contribution in [2.24, 2.45) is 5.92 Å². The molecule has 1 aliphatic rings. The van der Waals surface area contributed by atoms with Gasteiger partial charge < -0.3 is 10.1 Å². The zero-order valence-electron chi connectivity index (χ0n) is 11.4. The highest BCUT2D eigenvalue weighted by Gasteiger charge is 2.13. The number of hydrogen-bond donors (Lipinski definition) is 1. The minimum Gasteiger partial charge on any atom is -0.381 e. The van der Waals surface area contributed by atoms with Gasteiger partial charge in [-0.2, -0.15) is 5.10 Å². The largest absolute Gasteiger partial charge is 0.381 e. The van der Waals surface area contributed by atoms with Gasteiger partial charge in [0.1, 0.15) is 12.1 Å². The molecule has 6 heteroatoms. The first-order valence-corrected chi connectivity index (χ1v) is 7.05. The molecule has 0 aromatic carbocycles. The first-order valence-electron chi connectivity index (χ1n) is 7.05. The monoisotopic (exact) mass is 273 g/mol. The van der Waals surface area contributed by atoms with Gasteiger partial charge in [-0.25, -0.2) is 14.6 Å². The van der Waals surface area contributed by atoms with Crippen molar-refractivity contribution in [1.82, 2.24) is 19.7 Å². The fourth-order valence-corrected chi connectivity index (χ4v) is 2.41. The summed E-state index contributed by atoms with van der Waals surface area (Å²) in [6, 6.07) is 3.78. The van der Waals surface area contributed by atoms with E-state index < -0.39 is 0 Å². The Labute approximate surface area is 118 Å². The molecule has 106 valence electrons. The number of aromatic nitrogens is 4. The lowest BCUT2D eigenvalue weighted by molar-refractivity contribution is 0.0530. The van der Waals surface area contributed by atoms with Gasteiger partial charge in [0.15, 0.2) is 5.82 Å². The molecule has 1 aliphatic heterocycles. The van der Waals surface area contributed by atoms with Gasteiger partial charge in [0.2, 0.25) is 0 Å². The summed E-state index contributed by atoms with van der Waals surface area (Å²) in [5.41, 5.74) is 0. The van der Waals surface area contributed by atoms with Crippen LogP contribution in [0.5, 0.6) is 0 Å². The standard InChI is InChI=1S/C14H19N5O/c1-3-12(10-20-8-1)4-6-15-13-9-14(17-11-16-13)19-7-2-5-18-19/h2,5,7,9,11-12H,1,3-4,6,8,10H2,(H,15,16,17)/t12-/m0/s1. The highest BCUT2D eigenvalue weighted by molar-refractivity contribution is 5.39. The number of nitrogens with zero attached hydrogens (tertiary/aromatic N) is 4. The molecule has 2 aromatic rings. The molecule has 0 radical (unpaired) electrons. The van der Waals surface area contributed by atoms with Crippen LogP contribution in [0.1, 0.15) is 19.3 Å². The van der Waals surface area contributed by atoms with Crippen LogP contribution >= 0.6 is 0 Å². The second-order valence-corrected chi connectivity index (χ2v) is 5.01. The zero-order chi connectivity index (χ0) is 13.6. The van der Waals surface area contributed by atoms with Gasteiger partial charge in [-0.3, -0.25) is 0 Å². The molecule has 0 bridgehead atoms. The topological polar surface area (TPSA) is 64.9 Å². The number of ether oxygens (including phenoxy) is 1. The van der Waals surface area contributed by atoms with E-state index in [0.29, 0.717) is 5.92 Å². The predicted octanol–water partition coefficient (Wildman–Crippen LogP) is 1.89. The molecule has 6 nitrogen and oxygen atoms in total. The Morgan fingerprint density at radius 2 is 2.40 bits per heavy atom. The molecular weight excluding hydrogens is 254 g/mol. The summed E-state index contributed by atoms with van der Waals surface area (Å²) in [5.74, 6) is 2.28. The van der Waals surface area contributed by atoms with Crippen LogP contribution in [0, 0.1) is 5.92 Å². The molecule has 0 amide bonds. The van der Waals surface area contributed by atoms with Crippen molar-refractivity contribution in [3.05, 3.63) is 30.9 Å². The van der Waals surface area contributed by atoms with E-state index in [9.17, 15) is 0 Å². The second kappa shape index (κ2) is 6.47. The van der Waals surface area contributed by atoms with E-state index in [2.05, 4.69) is 20.4 Å². The molecule has 1 atom stereocenters. The van der Waals surface area contributed by atoms with Gasteiger partial charge in [0.25, 0.3) is 0 Å². The molecule has 20 heavy (non-hydrogen) atoms. The summed E-state index contributed by atoms with van der Waals surface area (Å²) >= 11 is 0. The van der Waals surface area contributed by atoms with E-state index in [0.717, 1.165) is 37.8 Å². The average Bonchev–Trinajstić information content (AvgIpc) is 3.03. The average molecular weight is 273 g/mol. The van der Waals surface area contributed by atoms with Crippen LogP contribution in [-0.2, 0) is 4.74 Å². The third-order valence-corrected chi connectivity index (χ3v) is 3.51. The maximum Gasteiger partial charge on any atom is 0.158 e. The van der Waals surface area contributed by atoms with E-state index in [4.69, 9.17) is 4.74 Å². The maximum absolute atomic E-state index is 5.49. The Kier molecular flexibility index (Phi) is 4.22. The fraction of sp³-hybridized carbons (Fsp3) is 0.500. The Hall–Kier alpha value is -1.95. The van der Waals surface area contributed by atoms with Crippen LogP contribution < -0.4 is 5.32 Å². The molecular formula is C14H19N5O. The summed E-state index contributed by atoms with van der Waals surface area (Å²) in [4.78, 5) is 8.45. The van der Waals surface area contributed by atoms with Crippen LogP contribution in [0.4, 0.5) is 5.82 Å². The van der Waals surface area contributed by atoms with Crippen molar-refractivity contribution in [1.29, 1.82) is 0 Å². The third-order valence-electron chi connectivity index (χ3n) is 3.51. The fourth-order valence-electron chi connectivity index (χ4n) is 2.41. The van der Waals surface area contributed by atoms with Crippen molar-refractivity contribution >= 4 is 5.82 Å². The summed E-state index contributed by atoms with van der Waals surface area (Å²) in [7, 11) is 0. The highest BCUT2D eigenvalue weighted by atomic mass is 16.5. The number of rotatable bonds is 5. The summed E-state index contributed by atoms with van der Waals surface area (Å²) in [6.45, 7) is 2.72. The maximum atomic E-state index is 5.49. The highest BCUT2D eigenvalue weighted by Crippen LogP contribution is 2.17. The second-order valence-electron chi connectivity index (χ2n) is 5.01. The van der Waals surface area contributed by atoms with Crippen LogP contribution in [0.2, 0.25) is 0 Å². The Morgan fingerprint density at radius 3 is 3.20 bits per heavy atom. The number of nitrogens with one attached hydrogen (secondary N) is 1. The molecule has 1 fully saturated rings. The molecule has 1 N–H and O–H groups in total. The summed E-state index contributed by atoms with van der Waals surface area (Å²) < 4.78 is 7.21. The van der Waals surface area contributed by atoms with Gasteiger partial charge >= 0.3 is 0 Å². The van der Waals surface area contributed by atoms with E-state index in [-0.39, 0.29) is 0 Å². The molecule has 0 saturated carbocycles. The Bertz CT molecular complexity index is 522. The number of anilines is 1. The van der Waals surface area contributed by atoms with E-state index >= 15 is 0 Å². The SMILES string of the molecule is c1cnn(-c2cc(NCC[C@@H]3CCCOC3)ncn2)c1. The molecule has 3 heterocycles. The van der Waals surface area contributed by atoms with E-state index in [1.165, 1.54) is 12.8 Å². The zero-order valence-corrected chi connectivity index (χ0v) is 11.4. The Balaban J connectivity index is 1.53. The van der Waals surface area contributed by atoms with Crippen molar-refractivity contribution < 1.29 is 4.74 Å². The smallest absolute Gasteiger partial charge is 0.158 e. The van der Waals surface area contributed by atoms with Gasteiger partial charge in [-0.15, -0.1) is 0 Å². The molecule has 0 spiro atoms. The van der Waals surface area contributed by atoms with Crippen molar-refractivity contribution in [3.63, 3.8) is 0 Å². The summed E-state index contributed by atoms with van der Waals surface area (Å²) in [5, 5.41) is 7.51. The third kappa shape index (κ3) is 3.33. The predicted molar refractivity (Wildman–Crippen MR) is 75.8 cm³/mol. The van der Waals surface area contributed by atoms with E-state index in [1.54, 1.807) is 17.2 Å². The van der Waals surface area contributed by atoms with Gasteiger partial charge in [-0.05, 0) is 31.2 Å². The lowest BCUT2D eigenvalue weighted by Gasteiger charge is -2.22. The molecule has 1 saturated heterocycles. The van der Waals surface area contributed by atoms with Crippen molar-refractivity contribution in [3.8, 4) is 5.82 Å². The van der Waals surface area contributed by atoms with Gasteiger partial charge in [-0.1, -0.05) is 0 Å². The lowest BCUT2D eigenvalue weighted by atomic mass is 9.99. The summed E-state index contributed by atoms with van der Waals surface area (Å²) in [6.07, 6.45) is 8.72. The number of hydrogen-bond acceptors (Lipinski definition) is 5. The molecule has 3 rings (SSSR count). The molecule has 0 aliphatic carbocycles. The molecule has 0 unspecified atom stereocenters. The first kappa shape index (κ1) is 13.1. The van der Waals surface area contributed by atoms with E-state index in [1.807, 2.05) is 18.3 Å². The van der Waals surface area contributed by atoms with Gasteiger partial charge in [0.05, 0.1) is 0 Å². The minimum absolute atomic E-state index is 0.670. The lowest BCUT2D eigenvalue weighted by Crippen LogP contribution is -2.20. The van der Waals surface area contributed by atoms with Crippen molar-refractivity contribution in [2.45, 2.75) is 19.3 Å². The van der Waals surface area contributed by atoms with Crippen molar-refractivity contribution in [2.75, 3.05) is 25.1 Å². The van der Waals surface area contributed by atoms with Crippen LogP contribution in [0.3, 0.4) is 0 Å². The molecule has 2 aromatic heterocycles. The quantitative estimate of drug-likeness (QED) is 0.901. The normalized spacial score (nSPS) is 18.9. The first-order chi connectivity index (χ1) is 9.92. The van der Waals surface area contributed by atoms with Crippen LogP contribution in [0.25, 0.3) is 5.82 Å². The van der Waals surface area contributed by atoms with Gasteiger partial charge in [0, 0.05) is 38.2 Å². The Morgan fingerprint density at radius 1 is 1.40 bits per heavy atom. The minimum atomic E-state index is 0.670. The van der Waals surface area contributed by atoms with Crippen LogP contribution in [0.15, 0.2) is 30.9 Å².